The average molecular weight is 340 g/mol. The summed E-state index contributed by atoms with van der Waals surface area (Å²) < 4.78 is 82.8. The first-order chi connectivity index (χ1) is 8.38. The largest absolute Gasteiger partial charge is 0.400 e. The molecule has 1 fully saturated rings. The predicted molar refractivity (Wildman–Crippen MR) is 60.3 cm³/mol. The average Bonchev–Trinajstić information content (AvgIpc) is 2.45. The topological polar surface area (TPSA) is 139 Å². The molecule has 0 bridgehead atoms. The fourth-order valence-electron chi connectivity index (χ4n) is 1.10. The summed E-state index contributed by atoms with van der Waals surface area (Å²) in [5.41, 5.74) is 0. The lowest BCUT2D eigenvalue weighted by Gasteiger charge is -2.13. The molecule has 0 aromatic heterocycles. The van der Waals surface area contributed by atoms with Gasteiger partial charge in [-0.25, -0.2) is 8.37 Å². The Balaban J connectivity index is 2.70. The van der Waals surface area contributed by atoms with Crippen LogP contribution in [0.4, 0.5) is 0 Å². The van der Waals surface area contributed by atoms with Crippen molar-refractivity contribution >= 4 is 30.6 Å². The minimum atomic E-state index is -4.33. The predicted octanol–water partition coefficient (Wildman–Crippen LogP) is -2.03. The van der Waals surface area contributed by atoms with Crippen molar-refractivity contribution in [3.63, 3.8) is 0 Å². The molecule has 0 aromatic rings. The molecule has 1 unspecified atom stereocenters. The number of rotatable bonds is 6. The summed E-state index contributed by atoms with van der Waals surface area (Å²) in [7, 11) is -11.9. The van der Waals surface area contributed by atoms with Crippen LogP contribution in [0.1, 0.15) is 0 Å². The summed E-state index contributed by atoms with van der Waals surface area (Å²) in [6.45, 7) is -1.29. The normalized spacial score (nSPS) is 27.5. The van der Waals surface area contributed by atoms with Gasteiger partial charge in [-0.05, 0) is 0 Å². The third-order valence-electron chi connectivity index (χ3n) is 1.79. The van der Waals surface area contributed by atoms with Crippen LogP contribution in [0.5, 0.6) is 0 Å². The quantitative estimate of drug-likeness (QED) is 0.497. The van der Waals surface area contributed by atoms with Crippen molar-refractivity contribution in [2.24, 2.45) is 0 Å². The van der Waals surface area contributed by atoms with E-state index in [2.05, 4.69) is 16.7 Å². The van der Waals surface area contributed by atoms with E-state index in [1.807, 2.05) is 0 Å². The second-order valence-electron chi connectivity index (χ2n) is 3.65. The number of hydrogen-bond donors (Lipinski definition) is 0. The SMILES string of the molecule is CS(=O)(=O)OCC1OS(=O)(=O)O[C@@H]1COS(C)(=O)=O. The maximum absolute atomic E-state index is 11.0. The van der Waals surface area contributed by atoms with Crippen LogP contribution in [0, 0.1) is 0 Å². The van der Waals surface area contributed by atoms with E-state index in [1.54, 1.807) is 0 Å². The molecule has 10 nitrogen and oxygen atoms in total. The van der Waals surface area contributed by atoms with Crippen LogP contribution in [-0.4, -0.2) is 63.2 Å². The van der Waals surface area contributed by atoms with Crippen molar-refractivity contribution < 1.29 is 42.0 Å². The van der Waals surface area contributed by atoms with Gasteiger partial charge in [0.2, 0.25) is 0 Å². The molecule has 2 atom stereocenters. The van der Waals surface area contributed by atoms with Gasteiger partial charge < -0.3 is 0 Å². The second-order valence-corrected chi connectivity index (χ2v) is 8.14. The molecule has 13 heteroatoms. The Morgan fingerprint density at radius 1 is 0.895 bits per heavy atom. The zero-order chi connectivity index (χ0) is 14.9. The fraction of sp³-hybridized carbons (Fsp3) is 1.00. The molecule has 0 spiro atoms. The first-order valence-corrected chi connectivity index (χ1v) is 9.65. The number of hydrogen-bond acceptors (Lipinski definition) is 10. The second kappa shape index (κ2) is 5.59. The van der Waals surface area contributed by atoms with Crippen molar-refractivity contribution in [2.45, 2.75) is 12.2 Å². The fourth-order valence-corrected chi connectivity index (χ4v) is 2.87. The van der Waals surface area contributed by atoms with E-state index in [0.717, 1.165) is 12.5 Å². The van der Waals surface area contributed by atoms with Crippen molar-refractivity contribution in [2.75, 3.05) is 25.7 Å². The van der Waals surface area contributed by atoms with E-state index in [9.17, 15) is 25.3 Å². The van der Waals surface area contributed by atoms with Crippen molar-refractivity contribution in [3.05, 3.63) is 0 Å². The van der Waals surface area contributed by atoms with Gasteiger partial charge in [-0.3, -0.25) is 8.37 Å². The Labute approximate surface area is 111 Å². The van der Waals surface area contributed by atoms with Crippen LogP contribution in [0.25, 0.3) is 0 Å². The molecule has 0 aromatic carbocycles. The lowest BCUT2D eigenvalue weighted by molar-refractivity contribution is 0.0713. The monoisotopic (exact) mass is 340 g/mol. The van der Waals surface area contributed by atoms with Gasteiger partial charge in [-0.2, -0.15) is 25.3 Å². The standard InChI is InChI=1S/C6H12O10S3/c1-17(7,8)13-3-5-6(4-14-18(2,9)10)16-19(11,12)15-5/h5-6H,3-4H2,1-2H3/t5-,6?/m1/s1. The van der Waals surface area contributed by atoms with Gasteiger partial charge in [0.25, 0.3) is 20.2 Å². The third-order valence-corrected chi connectivity index (χ3v) is 3.88. The van der Waals surface area contributed by atoms with Crippen molar-refractivity contribution in [1.82, 2.24) is 0 Å². The van der Waals surface area contributed by atoms with Gasteiger partial charge >= 0.3 is 10.4 Å². The molecule has 1 saturated heterocycles. The van der Waals surface area contributed by atoms with E-state index in [0.29, 0.717) is 0 Å². The highest BCUT2D eigenvalue weighted by Crippen LogP contribution is 2.22. The van der Waals surface area contributed by atoms with E-state index >= 15 is 0 Å². The summed E-state index contributed by atoms with van der Waals surface area (Å²) in [6, 6.07) is 0. The first-order valence-electron chi connectivity index (χ1n) is 4.68. The Hall–Kier alpha value is -0.310. The summed E-state index contributed by atoms with van der Waals surface area (Å²) in [6.07, 6.45) is -1.11. The van der Waals surface area contributed by atoms with Crippen molar-refractivity contribution in [1.29, 1.82) is 0 Å². The summed E-state index contributed by atoms with van der Waals surface area (Å²) in [4.78, 5) is 0. The molecule has 1 heterocycles. The third kappa shape index (κ3) is 6.60. The Morgan fingerprint density at radius 2 is 1.21 bits per heavy atom. The highest BCUT2D eigenvalue weighted by atomic mass is 32.3. The minimum absolute atomic E-state index is 0.643. The van der Waals surface area contributed by atoms with Crippen LogP contribution in [0.15, 0.2) is 0 Å². The molecule has 114 valence electrons. The van der Waals surface area contributed by atoms with Gasteiger partial charge in [-0.15, -0.1) is 0 Å². The molecule has 1 rings (SSSR count). The van der Waals surface area contributed by atoms with E-state index < -0.39 is 56.1 Å². The molecule has 0 radical (unpaired) electrons. The van der Waals surface area contributed by atoms with Crippen LogP contribution in [0.3, 0.4) is 0 Å². The smallest absolute Gasteiger partial charge is 0.267 e. The highest BCUT2D eigenvalue weighted by molar-refractivity contribution is 7.86. The van der Waals surface area contributed by atoms with Crippen LogP contribution in [-0.2, 0) is 47.4 Å². The molecule has 1 aliphatic heterocycles. The first kappa shape index (κ1) is 16.7. The van der Waals surface area contributed by atoms with E-state index in [4.69, 9.17) is 0 Å². The molecule has 19 heavy (non-hydrogen) atoms. The maximum atomic E-state index is 11.0. The zero-order valence-electron chi connectivity index (χ0n) is 9.88. The molecule has 0 amide bonds. The Bertz CT molecular complexity index is 564. The van der Waals surface area contributed by atoms with Crippen molar-refractivity contribution in [3.8, 4) is 0 Å². The molecular formula is C6H12O10S3. The lowest BCUT2D eigenvalue weighted by Crippen LogP contribution is -2.33. The summed E-state index contributed by atoms with van der Waals surface area (Å²) in [5.74, 6) is 0. The minimum Gasteiger partial charge on any atom is -0.267 e. The van der Waals surface area contributed by atoms with Crippen LogP contribution >= 0.6 is 0 Å². The molecular weight excluding hydrogens is 328 g/mol. The Morgan fingerprint density at radius 3 is 1.47 bits per heavy atom. The summed E-state index contributed by atoms with van der Waals surface area (Å²) in [5, 5.41) is 0. The maximum Gasteiger partial charge on any atom is 0.400 e. The summed E-state index contributed by atoms with van der Waals surface area (Å²) >= 11 is 0. The van der Waals surface area contributed by atoms with Gasteiger partial charge in [-0.1, -0.05) is 0 Å². The Kier molecular flexibility index (Phi) is 4.93. The molecule has 1 aliphatic rings. The van der Waals surface area contributed by atoms with E-state index in [1.165, 1.54) is 0 Å². The van der Waals surface area contributed by atoms with Crippen LogP contribution < -0.4 is 0 Å². The van der Waals surface area contributed by atoms with E-state index in [-0.39, 0.29) is 0 Å². The van der Waals surface area contributed by atoms with Crippen LogP contribution in [0.2, 0.25) is 0 Å². The van der Waals surface area contributed by atoms with Gasteiger partial charge in [0.05, 0.1) is 25.7 Å². The highest BCUT2D eigenvalue weighted by Gasteiger charge is 2.41. The van der Waals surface area contributed by atoms with Gasteiger partial charge in [0, 0.05) is 0 Å². The molecule has 0 N–H and O–H groups in total. The van der Waals surface area contributed by atoms with Gasteiger partial charge in [0.15, 0.2) is 0 Å². The molecule has 0 saturated carbocycles. The molecule has 0 aliphatic carbocycles. The van der Waals surface area contributed by atoms with Gasteiger partial charge in [0.1, 0.15) is 12.2 Å². The zero-order valence-corrected chi connectivity index (χ0v) is 12.3. The lowest BCUT2D eigenvalue weighted by atomic mass is 10.2.